The molecular formula is C24H31N3O3. The second kappa shape index (κ2) is 10.4. The van der Waals surface area contributed by atoms with Gasteiger partial charge in [0.25, 0.3) is 5.89 Å². The number of aromatic nitrogens is 2. The van der Waals surface area contributed by atoms with Gasteiger partial charge in [0.1, 0.15) is 11.9 Å². The van der Waals surface area contributed by atoms with Crippen LogP contribution in [0.1, 0.15) is 62.7 Å². The fraction of sp³-hybridized carbons (Fsp3) is 0.417. The van der Waals surface area contributed by atoms with Crippen LogP contribution >= 0.6 is 0 Å². The molecule has 0 spiro atoms. The Bertz CT molecular complexity index is 911. The van der Waals surface area contributed by atoms with Crippen LogP contribution in [0.25, 0.3) is 0 Å². The van der Waals surface area contributed by atoms with Crippen molar-refractivity contribution in [3.63, 3.8) is 0 Å². The van der Waals surface area contributed by atoms with Gasteiger partial charge >= 0.3 is 0 Å². The summed E-state index contributed by atoms with van der Waals surface area (Å²) in [7, 11) is 0. The Labute approximate surface area is 178 Å². The third-order valence-corrected chi connectivity index (χ3v) is 5.05. The lowest BCUT2D eigenvalue weighted by Gasteiger charge is -2.28. The van der Waals surface area contributed by atoms with Crippen molar-refractivity contribution in [2.45, 2.75) is 52.9 Å². The standard InChI is InChI=1S/C24H31N3O3/c1-17(2)16-29-19(4)24-25-23(26-30-24)15-27(14-21-12-8-9-13-22(21)28)18(3)20-10-6-5-7-11-20/h5-13,17-19,28H,14-16H2,1-4H3. The minimum Gasteiger partial charge on any atom is -0.508 e. The molecule has 160 valence electrons. The minimum absolute atomic E-state index is 0.0994. The molecule has 0 aliphatic heterocycles. The minimum atomic E-state index is -0.244. The first-order valence-corrected chi connectivity index (χ1v) is 10.4. The number of hydrogen-bond acceptors (Lipinski definition) is 6. The van der Waals surface area contributed by atoms with Crippen LogP contribution in [0.15, 0.2) is 59.1 Å². The van der Waals surface area contributed by atoms with Crippen molar-refractivity contribution in [1.82, 2.24) is 15.0 Å². The lowest BCUT2D eigenvalue weighted by Crippen LogP contribution is -2.27. The van der Waals surface area contributed by atoms with Crippen molar-refractivity contribution in [2.75, 3.05) is 6.61 Å². The molecule has 3 rings (SSSR count). The van der Waals surface area contributed by atoms with Gasteiger partial charge in [0.05, 0.1) is 6.54 Å². The molecule has 1 aromatic heterocycles. The van der Waals surface area contributed by atoms with Crippen molar-refractivity contribution in [2.24, 2.45) is 5.92 Å². The molecule has 1 N–H and O–H groups in total. The lowest BCUT2D eigenvalue weighted by atomic mass is 10.1. The van der Waals surface area contributed by atoms with E-state index in [1.165, 1.54) is 5.56 Å². The average molecular weight is 410 g/mol. The van der Waals surface area contributed by atoms with Crippen LogP contribution in [0.5, 0.6) is 5.75 Å². The number of hydrogen-bond donors (Lipinski definition) is 1. The van der Waals surface area contributed by atoms with Crippen LogP contribution in [0.4, 0.5) is 0 Å². The van der Waals surface area contributed by atoms with Crippen LogP contribution in [0.2, 0.25) is 0 Å². The molecule has 2 atom stereocenters. The maximum Gasteiger partial charge on any atom is 0.255 e. The highest BCUT2D eigenvalue weighted by atomic mass is 16.5. The Morgan fingerprint density at radius 1 is 0.967 bits per heavy atom. The molecule has 0 fully saturated rings. The number of phenolic OH excluding ortho intramolecular Hbond substituents is 1. The first-order chi connectivity index (χ1) is 14.4. The van der Waals surface area contributed by atoms with E-state index in [4.69, 9.17) is 9.26 Å². The summed E-state index contributed by atoms with van der Waals surface area (Å²) in [6.07, 6.45) is -0.244. The predicted molar refractivity (Wildman–Crippen MR) is 116 cm³/mol. The fourth-order valence-electron chi connectivity index (χ4n) is 3.22. The topological polar surface area (TPSA) is 71.6 Å². The molecule has 0 saturated carbocycles. The molecule has 3 aromatic rings. The third kappa shape index (κ3) is 5.90. The van der Waals surface area contributed by atoms with Crippen molar-refractivity contribution in [1.29, 1.82) is 0 Å². The molecule has 6 heteroatoms. The SMILES string of the molecule is CC(C)COC(C)c1nc(CN(Cc2ccccc2O)C(C)c2ccccc2)no1. The zero-order valence-corrected chi connectivity index (χ0v) is 18.2. The number of phenols is 1. The van der Waals surface area contributed by atoms with E-state index in [2.05, 4.69) is 47.9 Å². The first kappa shape index (κ1) is 22.0. The van der Waals surface area contributed by atoms with Crippen molar-refractivity contribution in [3.05, 3.63) is 77.4 Å². The van der Waals surface area contributed by atoms with E-state index in [-0.39, 0.29) is 17.9 Å². The van der Waals surface area contributed by atoms with Gasteiger partial charge in [-0.25, -0.2) is 0 Å². The Hall–Kier alpha value is -2.70. The first-order valence-electron chi connectivity index (χ1n) is 10.4. The summed E-state index contributed by atoms with van der Waals surface area (Å²) >= 11 is 0. The normalized spacial score (nSPS) is 13.7. The fourth-order valence-corrected chi connectivity index (χ4v) is 3.22. The summed E-state index contributed by atoms with van der Waals surface area (Å²) in [6.45, 7) is 9.97. The molecule has 2 unspecified atom stereocenters. The zero-order chi connectivity index (χ0) is 21.5. The van der Waals surface area contributed by atoms with Gasteiger partial charge in [-0.3, -0.25) is 4.90 Å². The lowest BCUT2D eigenvalue weighted by molar-refractivity contribution is 0.0268. The van der Waals surface area contributed by atoms with Crippen LogP contribution in [0.3, 0.4) is 0 Å². The van der Waals surface area contributed by atoms with E-state index < -0.39 is 0 Å². The van der Waals surface area contributed by atoms with E-state index in [0.717, 1.165) is 5.56 Å². The summed E-state index contributed by atoms with van der Waals surface area (Å²) in [5.74, 6) is 1.81. The van der Waals surface area contributed by atoms with Gasteiger partial charge in [-0.2, -0.15) is 4.98 Å². The molecular weight excluding hydrogens is 378 g/mol. The van der Waals surface area contributed by atoms with Crippen LogP contribution in [0, 0.1) is 5.92 Å². The molecule has 0 radical (unpaired) electrons. The number of aromatic hydroxyl groups is 1. The maximum atomic E-state index is 10.3. The van der Waals surface area contributed by atoms with Crippen LogP contribution in [-0.2, 0) is 17.8 Å². The molecule has 30 heavy (non-hydrogen) atoms. The van der Waals surface area contributed by atoms with E-state index >= 15 is 0 Å². The molecule has 0 amide bonds. The molecule has 0 saturated heterocycles. The Kier molecular flexibility index (Phi) is 7.60. The van der Waals surface area contributed by atoms with Gasteiger partial charge in [-0.1, -0.05) is 67.5 Å². The third-order valence-electron chi connectivity index (χ3n) is 5.05. The van der Waals surface area contributed by atoms with Gasteiger partial charge in [0.2, 0.25) is 0 Å². The smallest absolute Gasteiger partial charge is 0.255 e. The molecule has 0 bridgehead atoms. The second-order valence-corrected chi connectivity index (χ2v) is 8.04. The Balaban J connectivity index is 1.78. The van der Waals surface area contributed by atoms with Gasteiger partial charge < -0.3 is 14.4 Å². The molecule has 6 nitrogen and oxygen atoms in total. The number of ether oxygens (including phenoxy) is 1. The summed E-state index contributed by atoms with van der Waals surface area (Å²) < 4.78 is 11.2. The summed E-state index contributed by atoms with van der Waals surface area (Å²) in [5, 5.41) is 14.4. The van der Waals surface area contributed by atoms with Gasteiger partial charge in [0, 0.05) is 24.8 Å². The molecule has 2 aromatic carbocycles. The molecule has 1 heterocycles. The quantitative estimate of drug-likeness (QED) is 0.492. The van der Waals surface area contributed by atoms with Crippen LogP contribution < -0.4 is 0 Å². The maximum absolute atomic E-state index is 10.3. The Morgan fingerprint density at radius 3 is 2.37 bits per heavy atom. The number of benzene rings is 2. The highest BCUT2D eigenvalue weighted by Crippen LogP contribution is 2.27. The van der Waals surface area contributed by atoms with E-state index in [9.17, 15) is 5.11 Å². The number of rotatable bonds is 10. The van der Waals surface area contributed by atoms with Gasteiger partial charge in [-0.05, 0) is 31.4 Å². The van der Waals surface area contributed by atoms with Crippen molar-refractivity contribution in [3.8, 4) is 5.75 Å². The highest BCUT2D eigenvalue weighted by Gasteiger charge is 2.22. The van der Waals surface area contributed by atoms with E-state index in [1.54, 1.807) is 6.07 Å². The molecule has 0 aliphatic carbocycles. The highest BCUT2D eigenvalue weighted by molar-refractivity contribution is 5.32. The Morgan fingerprint density at radius 2 is 1.67 bits per heavy atom. The zero-order valence-electron chi connectivity index (χ0n) is 18.2. The van der Waals surface area contributed by atoms with Crippen molar-refractivity contribution >= 4 is 0 Å². The van der Waals surface area contributed by atoms with E-state index in [0.29, 0.717) is 37.3 Å². The second-order valence-electron chi connectivity index (χ2n) is 8.04. The van der Waals surface area contributed by atoms with Gasteiger partial charge in [-0.15, -0.1) is 0 Å². The van der Waals surface area contributed by atoms with Gasteiger partial charge in [0.15, 0.2) is 5.82 Å². The van der Waals surface area contributed by atoms with Crippen molar-refractivity contribution < 1.29 is 14.4 Å². The number of nitrogens with zero attached hydrogens (tertiary/aromatic N) is 3. The number of para-hydroxylation sites is 1. The van der Waals surface area contributed by atoms with Crippen LogP contribution in [-0.4, -0.2) is 26.8 Å². The summed E-state index contributed by atoms with van der Waals surface area (Å²) in [4.78, 5) is 6.78. The summed E-state index contributed by atoms with van der Waals surface area (Å²) in [6, 6.07) is 17.8. The largest absolute Gasteiger partial charge is 0.508 e. The summed E-state index contributed by atoms with van der Waals surface area (Å²) in [5.41, 5.74) is 2.04. The van der Waals surface area contributed by atoms with E-state index in [1.807, 2.05) is 43.3 Å². The average Bonchev–Trinajstić information content (AvgIpc) is 3.22. The predicted octanol–water partition coefficient (Wildman–Crippen LogP) is 5.27. The molecule has 0 aliphatic rings. The monoisotopic (exact) mass is 409 g/mol.